The van der Waals surface area contributed by atoms with Crippen LogP contribution in [0.5, 0.6) is 0 Å². The number of Topliss-reactive ketones (excluding diaryl/α,β-unsaturated/α-hetero) is 1. The summed E-state index contributed by atoms with van der Waals surface area (Å²) < 4.78 is 27.0. The number of carbonyl (C=O) groups excluding carboxylic acids is 3. The number of carbonyl (C=O) groups is 3. The third kappa shape index (κ3) is 6.11. The molecule has 0 aromatic heterocycles. The molecule has 0 aliphatic carbocycles. The predicted octanol–water partition coefficient (Wildman–Crippen LogP) is -2.29. The van der Waals surface area contributed by atoms with Gasteiger partial charge >= 0.3 is 11.9 Å². The Labute approximate surface area is 206 Å². The van der Waals surface area contributed by atoms with Crippen molar-refractivity contribution >= 4 is 35.6 Å². The van der Waals surface area contributed by atoms with Crippen LogP contribution in [-0.2, 0) is 38.1 Å². The Morgan fingerprint density at radius 1 is 1.31 bits per heavy atom. The first kappa shape index (κ1) is 27.8. The summed E-state index contributed by atoms with van der Waals surface area (Å²) in [5, 5.41) is 20.3. The summed E-state index contributed by atoms with van der Waals surface area (Å²) in [6.45, 7) is 3.03. The Morgan fingerprint density at radius 2 is 2.06 bits per heavy atom. The second kappa shape index (κ2) is 11.9. The summed E-state index contributed by atoms with van der Waals surface area (Å²) in [6, 6.07) is 0. The van der Waals surface area contributed by atoms with Crippen molar-refractivity contribution in [3.8, 4) is 0 Å². The average Bonchev–Trinajstić information content (AvgIpc) is 3.38. The molecule has 3 aliphatic heterocycles. The Bertz CT molecular complexity index is 940. The zero-order chi connectivity index (χ0) is 26.5. The number of hydrogen-bond donors (Lipinski definition) is 3. The van der Waals surface area contributed by atoms with Crippen molar-refractivity contribution in [3.05, 3.63) is 0 Å². The lowest BCUT2D eigenvalue weighted by Crippen LogP contribution is -2.59. The SMILES string of the molecule is CC(=O)OCC(CCOCO[C@@H]1[C@H](O)[C@@H](CO)O[C@H]1N1CN=C2C1=NC=NC2(N)C(C)=O)OC(C)=O. The molecule has 2 unspecified atom stereocenters. The first-order valence-corrected chi connectivity index (χ1v) is 11.3. The molecule has 0 amide bonds. The average molecular weight is 514 g/mol. The van der Waals surface area contributed by atoms with Crippen molar-refractivity contribution in [1.82, 2.24) is 4.90 Å². The Kier molecular flexibility index (Phi) is 9.21. The number of hydrogen-bond acceptors (Lipinski definition) is 15. The van der Waals surface area contributed by atoms with Gasteiger partial charge in [0.15, 0.2) is 17.8 Å². The van der Waals surface area contributed by atoms with Crippen molar-refractivity contribution in [2.24, 2.45) is 20.7 Å². The Morgan fingerprint density at radius 3 is 2.69 bits per heavy atom. The molecule has 1 fully saturated rings. The smallest absolute Gasteiger partial charge is 0.303 e. The van der Waals surface area contributed by atoms with Crippen LogP contribution in [0.4, 0.5) is 0 Å². The largest absolute Gasteiger partial charge is 0.462 e. The maximum atomic E-state index is 12.1. The first-order chi connectivity index (χ1) is 17.1. The number of aliphatic imine (C=N–C) groups is 3. The van der Waals surface area contributed by atoms with E-state index in [-0.39, 0.29) is 44.6 Å². The molecule has 0 aromatic rings. The highest BCUT2D eigenvalue weighted by molar-refractivity contribution is 6.51. The van der Waals surface area contributed by atoms with Gasteiger partial charge in [-0.2, -0.15) is 0 Å². The van der Waals surface area contributed by atoms with Crippen molar-refractivity contribution in [1.29, 1.82) is 0 Å². The third-order valence-electron chi connectivity index (χ3n) is 5.74. The zero-order valence-corrected chi connectivity index (χ0v) is 20.2. The van der Waals surface area contributed by atoms with Crippen molar-refractivity contribution in [2.75, 3.05) is 33.3 Å². The van der Waals surface area contributed by atoms with E-state index in [2.05, 4.69) is 15.0 Å². The molecule has 1 saturated heterocycles. The molecular weight excluding hydrogens is 482 g/mol. The third-order valence-corrected chi connectivity index (χ3v) is 5.74. The molecule has 4 N–H and O–H groups in total. The summed E-state index contributed by atoms with van der Waals surface area (Å²) in [6.07, 6.45) is -3.37. The van der Waals surface area contributed by atoms with E-state index in [0.29, 0.717) is 0 Å². The van der Waals surface area contributed by atoms with Crippen LogP contribution in [0, 0.1) is 0 Å². The molecule has 0 saturated carbocycles. The second-order valence-corrected chi connectivity index (χ2v) is 8.36. The molecular formula is C21H31N5O10. The van der Waals surface area contributed by atoms with Crippen LogP contribution in [0.15, 0.2) is 15.0 Å². The lowest BCUT2D eigenvalue weighted by atomic mass is 9.99. The van der Waals surface area contributed by atoms with E-state index in [1.165, 1.54) is 20.8 Å². The van der Waals surface area contributed by atoms with Crippen molar-refractivity contribution < 1.29 is 48.3 Å². The van der Waals surface area contributed by atoms with Crippen LogP contribution < -0.4 is 5.73 Å². The number of fused-ring (bicyclic) bond motifs is 1. The van der Waals surface area contributed by atoms with Gasteiger partial charge in [-0.25, -0.2) is 9.98 Å². The predicted molar refractivity (Wildman–Crippen MR) is 122 cm³/mol. The fourth-order valence-corrected chi connectivity index (χ4v) is 3.86. The zero-order valence-electron chi connectivity index (χ0n) is 20.2. The number of rotatable bonds is 12. The fraction of sp³-hybridized carbons (Fsp3) is 0.714. The molecule has 0 radical (unpaired) electrons. The van der Waals surface area contributed by atoms with Crippen LogP contribution in [0.1, 0.15) is 27.2 Å². The molecule has 0 spiro atoms. The van der Waals surface area contributed by atoms with Gasteiger partial charge in [0.05, 0.1) is 13.2 Å². The highest BCUT2D eigenvalue weighted by Gasteiger charge is 2.52. The molecule has 0 bridgehead atoms. The summed E-state index contributed by atoms with van der Waals surface area (Å²) in [4.78, 5) is 48.4. The van der Waals surface area contributed by atoms with E-state index >= 15 is 0 Å². The van der Waals surface area contributed by atoms with Crippen LogP contribution in [0.25, 0.3) is 0 Å². The summed E-state index contributed by atoms with van der Waals surface area (Å²) in [5.41, 5.74) is 4.64. The molecule has 200 valence electrons. The van der Waals surface area contributed by atoms with E-state index in [1.807, 2.05) is 0 Å². The van der Waals surface area contributed by atoms with Crippen LogP contribution >= 0.6 is 0 Å². The number of nitrogens with zero attached hydrogens (tertiary/aromatic N) is 4. The topological polar surface area (TPSA) is 204 Å². The minimum Gasteiger partial charge on any atom is -0.462 e. The van der Waals surface area contributed by atoms with E-state index in [0.717, 1.165) is 6.34 Å². The number of aliphatic hydroxyl groups is 2. The highest BCUT2D eigenvalue weighted by Crippen LogP contribution is 2.30. The van der Waals surface area contributed by atoms with Gasteiger partial charge in [-0.15, -0.1) is 0 Å². The van der Waals surface area contributed by atoms with E-state index < -0.39 is 60.6 Å². The highest BCUT2D eigenvalue weighted by atomic mass is 16.7. The maximum Gasteiger partial charge on any atom is 0.303 e. The molecule has 6 atom stereocenters. The lowest BCUT2D eigenvalue weighted by molar-refractivity contribution is -0.161. The fourth-order valence-electron chi connectivity index (χ4n) is 3.86. The summed E-state index contributed by atoms with van der Waals surface area (Å²) in [7, 11) is 0. The van der Waals surface area contributed by atoms with E-state index in [4.69, 9.17) is 29.4 Å². The molecule has 15 heteroatoms. The number of nitrogens with two attached hydrogens (primary N) is 1. The van der Waals surface area contributed by atoms with Gasteiger partial charge in [0.2, 0.25) is 5.66 Å². The van der Waals surface area contributed by atoms with Crippen LogP contribution in [0.2, 0.25) is 0 Å². The standard InChI is InChI=1S/C21H31N5O10/c1-11(28)21(22)18-19(23-8-25-21)26(9-24-18)20-17(16(31)15(6-27)36-20)34-10-32-5-4-14(35-13(3)30)7-33-12(2)29/h8,14-17,20,27,31H,4-7,9-10,22H2,1-3H3/t14?,15-,16-,17-,20-,21?/m1/s1. The van der Waals surface area contributed by atoms with Crippen molar-refractivity contribution in [2.45, 2.75) is 63.5 Å². The number of amidine groups is 1. The van der Waals surface area contributed by atoms with Crippen LogP contribution in [-0.4, -0.2) is 120 Å². The van der Waals surface area contributed by atoms with Gasteiger partial charge in [0.1, 0.15) is 56.5 Å². The van der Waals surface area contributed by atoms with Crippen molar-refractivity contribution in [3.63, 3.8) is 0 Å². The van der Waals surface area contributed by atoms with Crippen LogP contribution in [0.3, 0.4) is 0 Å². The number of ether oxygens (including phenoxy) is 5. The number of aliphatic hydroxyl groups excluding tert-OH is 2. The molecule has 15 nitrogen and oxygen atoms in total. The summed E-state index contributed by atoms with van der Waals surface area (Å²) in [5.74, 6) is -1.20. The minimum atomic E-state index is -1.68. The number of ketones is 1. The normalized spacial score (nSPS) is 29.9. The Balaban J connectivity index is 1.59. The first-order valence-electron chi connectivity index (χ1n) is 11.3. The minimum absolute atomic E-state index is 0.0141. The van der Waals surface area contributed by atoms with E-state index in [1.54, 1.807) is 4.90 Å². The van der Waals surface area contributed by atoms with Gasteiger partial charge < -0.3 is 38.8 Å². The van der Waals surface area contributed by atoms with Gasteiger partial charge in [-0.1, -0.05) is 0 Å². The molecule has 3 aliphatic rings. The Hall–Kier alpha value is -2.82. The lowest BCUT2D eigenvalue weighted by Gasteiger charge is -2.32. The molecule has 3 rings (SSSR count). The maximum absolute atomic E-state index is 12.1. The van der Waals surface area contributed by atoms with Gasteiger partial charge in [0, 0.05) is 20.3 Å². The van der Waals surface area contributed by atoms with E-state index in [9.17, 15) is 24.6 Å². The van der Waals surface area contributed by atoms with Gasteiger partial charge in [0.25, 0.3) is 0 Å². The molecule has 0 aromatic carbocycles. The molecule has 36 heavy (non-hydrogen) atoms. The molecule has 3 heterocycles. The van der Waals surface area contributed by atoms with Gasteiger partial charge in [-0.3, -0.25) is 25.1 Å². The second-order valence-electron chi connectivity index (χ2n) is 8.36. The monoisotopic (exact) mass is 513 g/mol. The summed E-state index contributed by atoms with van der Waals surface area (Å²) >= 11 is 0. The van der Waals surface area contributed by atoms with Gasteiger partial charge in [-0.05, 0) is 6.92 Å². The number of esters is 2. The quantitative estimate of drug-likeness (QED) is 0.143.